The minimum absolute atomic E-state index is 0.0671. The molecule has 0 radical (unpaired) electrons. The normalized spacial score (nSPS) is 15.7. The number of thioether (sulfide) groups is 1. The predicted molar refractivity (Wildman–Crippen MR) is 82.5 cm³/mol. The van der Waals surface area contributed by atoms with Crippen molar-refractivity contribution < 1.29 is 9.72 Å². The lowest BCUT2D eigenvalue weighted by Crippen LogP contribution is -2.44. The summed E-state index contributed by atoms with van der Waals surface area (Å²) in [4.78, 5) is 25.0. The van der Waals surface area contributed by atoms with Gasteiger partial charge >= 0.3 is 0 Å². The number of amides is 1. The van der Waals surface area contributed by atoms with Crippen LogP contribution in [0.4, 0.5) is 5.69 Å². The van der Waals surface area contributed by atoms with E-state index in [2.05, 4.69) is 5.32 Å². The van der Waals surface area contributed by atoms with Crippen LogP contribution in [0, 0.1) is 10.1 Å². The molecular formula is C14H19N3O3S. The van der Waals surface area contributed by atoms with Crippen molar-refractivity contribution in [3.05, 3.63) is 34.4 Å². The Balaban J connectivity index is 1.83. The maximum atomic E-state index is 12.2. The summed E-state index contributed by atoms with van der Waals surface area (Å²) in [6.07, 6.45) is 1.98. The van der Waals surface area contributed by atoms with Crippen molar-refractivity contribution in [2.24, 2.45) is 0 Å². The zero-order chi connectivity index (χ0) is 15.2. The number of carbonyl (C=O) groups excluding carboxylic acids is 1. The molecule has 1 aromatic carbocycles. The van der Waals surface area contributed by atoms with Crippen LogP contribution in [0.25, 0.3) is 0 Å². The Morgan fingerprint density at radius 2 is 2.00 bits per heavy atom. The molecule has 0 aliphatic carbocycles. The summed E-state index contributed by atoms with van der Waals surface area (Å²) in [5, 5.41) is 13.9. The predicted octanol–water partition coefficient (Wildman–Crippen LogP) is 1.90. The molecule has 1 amide bonds. The van der Waals surface area contributed by atoms with Crippen LogP contribution in [-0.2, 0) is 4.79 Å². The number of nitrogens with zero attached hydrogens (tertiary/aromatic N) is 2. The molecule has 1 saturated heterocycles. The fourth-order valence-electron chi connectivity index (χ4n) is 2.31. The lowest BCUT2D eigenvalue weighted by Gasteiger charge is -2.31. The van der Waals surface area contributed by atoms with Gasteiger partial charge in [-0.1, -0.05) is 0 Å². The van der Waals surface area contributed by atoms with Crippen molar-refractivity contribution in [1.82, 2.24) is 10.2 Å². The van der Waals surface area contributed by atoms with Gasteiger partial charge in [-0.2, -0.15) is 0 Å². The first-order chi connectivity index (χ1) is 10.1. The molecule has 0 atom stereocenters. The van der Waals surface area contributed by atoms with E-state index in [1.807, 2.05) is 11.9 Å². The average molecular weight is 309 g/mol. The summed E-state index contributed by atoms with van der Waals surface area (Å²) < 4.78 is 0. The van der Waals surface area contributed by atoms with Gasteiger partial charge in [0.2, 0.25) is 5.91 Å². The van der Waals surface area contributed by atoms with Gasteiger partial charge in [-0.25, -0.2) is 0 Å². The third-order valence-electron chi connectivity index (χ3n) is 3.66. The number of rotatable bonds is 5. The second-order valence-corrected chi connectivity index (χ2v) is 6.07. The number of piperidine rings is 1. The number of non-ortho nitro benzene ring substituents is 1. The van der Waals surface area contributed by atoms with Gasteiger partial charge in [0.05, 0.1) is 10.7 Å². The standard InChI is InChI=1S/C14H19N3O3S/c1-16(11-6-8-15-9-7-11)14(18)10-21-13-4-2-12(3-5-13)17(19)20/h2-5,11,15H,6-10H2,1H3. The van der Waals surface area contributed by atoms with Crippen molar-refractivity contribution >= 4 is 23.4 Å². The number of hydrogen-bond donors (Lipinski definition) is 1. The van der Waals surface area contributed by atoms with Gasteiger partial charge < -0.3 is 10.2 Å². The van der Waals surface area contributed by atoms with Crippen molar-refractivity contribution in [3.8, 4) is 0 Å². The summed E-state index contributed by atoms with van der Waals surface area (Å²) in [6, 6.07) is 6.60. The molecular weight excluding hydrogens is 290 g/mol. The first-order valence-electron chi connectivity index (χ1n) is 6.91. The molecule has 1 aliphatic heterocycles. The van der Waals surface area contributed by atoms with Crippen LogP contribution in [0.2, 0.25) is 0 Å². The van der Waals surface area contributed by atoms with Crippen molar-refractivity contribution in [2.75, 3.05) is 25.9 Å². The van der Waals surface area contributed by atoms with Crippen molar-refractivity contribution in [1.29, 1.82) is 0 Å². The van der Waals surface area contributed by atoms with Crippen LogP contribution in [0.1, 0.15) is 12.8 Å². The third kappa shape index (κ3) is 4.44. The van der Waals surface area contributed by atoms with Gasteiger partial charge in [-0.05, 0) is 38.1 Å². The molecule has 1 N–H and O–H groups in total. The number of nitro benzene ring substituents is 1. The van der Waals surface area contributed by atoms with E-state index in [9.17, 15) is 14.9 Å². The molecule has 7 heteroatoms. The maximum Gasteiger partial charge on any atom is 0.269 e. The van der Waals surface area contributed by atoms with Crippen LogP contribution in [-0.4, -0.2) is 47.7 Å². The van der Waals surface area contributed by atoms with Gasteiger partial charge in [0.25, 0.3) is 5.69 Å². The summed E-state index contributed by atoms with van der Waals surface area (Å²) in [6.45, 7) is 1.91. The molecule has 2 rings (SSSR count). The zero-order valence-corrected chi connectivity index (χ0v) is 12.8. The largest absolute Gasteiger partial charge is 0.342 e. The first kappa shape index (κ1) is 15.8. The Bertz CT molecular complexity index is 501. The summed E-state index contributed by atoms with van der Waals surface area (Å²) in [5.74, 6) is 0.461. The third-order valence-corrected chi connectivity index (χ3v) is 4.66. The average Bonchev–Trinajstić information content (AvgIpc) is 2.53. The van der Waals surface area contributed by atoms with E-state index >= 15 is 0 Å². The molecule has 21 heavy (non-hydrogen) atoms. The smallest absolute Gasteiger partial charge is 0.269 e. The van der Waals surface area contributed by atoms with E-state index in [0.29, 0.717) is 11.8 Å². The van der Waals surface area contributed by atoms with E-state index in [1.54, 1.807) is 12.1 Å². The Labute approximate surface area is 128 Å². The number of carbonyl (C=O) groups is 1. The van der Waals surface area contributed by atoms with Gasteiger partial charge in [0, 0.05) is 30.1 Å². The highest BCUT2D eigenvalue weighted by Gasteiger charge is 2.21. The Kier molecular flexibility index (Phi) is 5.58. The van der Waals surface area contributed by atoms with Crippen molar-refractivity contribution in [2.45, 2.75) is 23.8 Å². The number of benzene rings is 1. The second kappa shape index (κ2) is 7.42. The lowest BCUT2D eigenvalue weighted by atomic mass is 10.1. The zero-order valence-electron chi connectivity index (χ0n) is 11.9. The molecule has 114 valence electrons. The minimum Gasteiger partial charge on any atom is -0.342 e. The Morgan fingerprint density at radius 3 is 2.57 bits per heavy atom. The first-order valence-corrected chi connectivity index (χ1v) is 7.90. The van der Waals surface area contributed by atoms with Crippen LogP contribution in [0.5, 0.6) is 0 Å². The number of nitrogens with one attached hydrogen (secondary N) is 1. The number of hydrogen-bond acceptors (Lipinski definition) is 5. The highest BCUT2D eigenvalue weighted by molar-refractivity contribution is 8.00. The fourth-order valence-corrected chi connectivity index (χ4v) is 3.13. The van der Waals surface area contributed by atoms with Crippen molar-refractivity contribution in [3.63, 3.8) is 0 Å². The van der Waals surface area contributed by atoms with Crippen LogP contribution >= 0.6 is 11.8 Å². The van der Waals surface area contributed by atoms with Crippen LogP contribution in [0.15, 0.2) is 29.2 Å². The summed E-state index contributed by atoms with van der Waals surface area (Å²) in [5.41, 5.74) is 0.0671. The van der Waals surface area contributed by atoms with Gasteiger partial charge in [0.1, 0.15) is 0 Å². The molecule has 1 aliphatic rings. The molecule has 0 saturated carbocycles. The molecule has 0 spiro atoms. The van der Waals surface area contributed by atoms with Gasteiger partial charge in [-0.3, -0.25) is 14.9 Å². The van der Waals surface area contributed by atoms with E-state index in [0.717, 1.165) is 30.8 Å². The Morgan fingerprint density at radius 1 is 1.38 bits per heavy atom. The van der Waals surface area contributed by atoms with Crippen LogP contribution < -0.4 is 5.32 Å². The molecule has 1 aromatic rings. The monoisotopic (exact) mass is 309 g/mol. The topological polar surface area (TPSA) is 75.5 Å². The highest BCUT2D eigenvalue weighted by atomic mass is 32.2. The molecule has 0 unspecified atom stereocenters. The molecule has 1 heterocycles. The van der Waals surface area contributed by atoms with Gasteiger partial charge in [0.15, 0.2) is 0 Å². The van der Waals surface area contributed by atoms with E-state index in [4.69, 9.17) is 0 Å². The Hall–Kier alpha value is -1.60. The molecule has 0 bridgehead atoms. The van der Waals surface area contributed by atoms with E-state index in [-0.39, 0.29) is 11.6 Å². The fraction of sp³-hybridized carbons (Fsp3) is 0.500. The molecule has 6 nitrogen and oxygen atoms in total. The maximum absolute atomic E-state index is 12.2. The molecule has 0 aromatic heterocycles. The quantitative estimate of drug-likeness (QED) is 0.511. The SMILES string of the molecule is CN(C(=O)CSc1ccc([N+](=O)[O-])cc1)C1CCNCC1. The lowest BCUT2D eigenvalue weighted by molar-refractivity contribution is -0.384. The highest BCUT2D eigenvalue weighted by Crippen LogP contribution is 2.22. The van der Waals surface area contributed by atoms with E-state index in [1.165, 1.54) is 23.9 Å². The van der Waals surface area contributed by atoms with Crippen LogP contribution in [0.3, 0.4) is 0 Å². The second-order valence-electron chi connectivity index (χ2n) is 5.03. The van der Waals surface area contributed by atoms with Gasteiger partial charge in [-0.15, -0.1) is 11.8 Å². The summed E-state index contributed by atoms with van der Waals surface area (Å²) >= 11 is 1.41. The summed E-state index contributed by atoms with van der Waals surface area (Å²) in [7, 11) is 1.86. The molecule has 1 fully saturated rings. The number of nitro groups is 1. The van der Waals surface area contributed by atoms with E-state index < -0.39 is 4.92 Å². The minimum atomic E-state index is -0.426.